The molecule has 1 aliphatic rings. The first-order chi connectivity index (χ1) is 17.1. The average molecular weight is 516 g/mol. The van der Waals surface area contributed by atoms with Crippen molar-refractivity contribution >= 4 is 27.1 Å². The first-order valence-corrected chi connectivity index (χ1v) is 13.4. The van der Waals surface area contributed by atoms with E-state index in [1.807, 2.05) is 37.7 Å². The van der Waals surface area contributed by atoms with Crippen LogP contribution in [0.4, 0.5) is 20.4 Å². The molecule has 0 bridgehead atoms. The van der Waals surface area contributed by atoms with Gasteiger partial charge in [-0.15, -0.1) is 0 Å². The van der Waals surface area contributed by atoms with Crippen molar-refractivity contribution in [2.24, 2.45) is 7.05 Å². The van der Waals surface area contributed by atoms with Gasteiger partial charge in [0.2, 0.25) is 0 Å². The van der Waals surface area contributed by atoms with Crippen LogP contribution in [0, 0.1) is 18.6 Å². The lowest BCUT2D eigenvalue weighted by Crippen LogP contribution is -2.40. The van der Waals surface area contributed by atoms with Gasteiger partial charge in [-0.05, 0) is 18.6 Å². The number of halogens is 2. The van der Waals surface area contributed by atoms with Crippen LogP contribution in [0.3, 0.4) is 0 Å². The van der Waals surface area contributed by atoms with Crippen molar-refractivity contribution in [2.75, 3.05) is 29.9 Å². The minimum atomic E-state index is -3.01. The van der Waals surface area contributed by atoms with Gasteiger partial charge in [0.05, 0.1) is 29.2 Å². The summed E-state index contributed by atoms with van der Waals surface area (Å²) >= 11 is 0. The van der Waals surface area contributed by atoms with E-state index < -0.39 is 27.4 Å². The molecule has 4 heterocycles. The molecule has 1 atom stereocenters. The van der Waals surface area contributed by atoms with E-state index >= 15 is 0 Å². The fraction of sp³-hybridized carbons (Fsp3) is 0.375. The topological polar surface area (TPSA) is 97.4 Å². The Balaban J connectivity index is 1.59. The second-order valence-electron chi connectivity index (χ2n) is 9.23. The monoisotopic (exact) mass is 515 g/mol. The van der Waals surface area contributed by atoms with Crippen LogP contribution in [0.1, 0.15) is 35.4 Å². The summed E-state index contributed by atoms with van der Waals surface area (Å²) in [4.78, 5) is 11.2. The molecule has 0 aliphatic carbocycles. The van der Waals surface area contributed by atoms with Crippen LogP contribution in [0.25, 0.3) is 5.65 Å². The van der Waals surface area contributed by atoms with Crippen LogP contribution in [0.5, 0.6) is 0 Å². The minimum Gasteiger partial charge on any atom is -0.338 e. The van der Waals surface area contributed by atoms with Crippen molar-refractivity contribution in [1.29, 1.82) is 0 Å². The third-order valence-corrected chi connectivity index (χ3v) is 8.14. The summed E-state index contributed by atoms with van der Waals surface area (Å²) in [6.07, 6.45) is 3.49. The highest BCUT2D eigenvalue weighted by atomic mass is 32.2. The van der Waals surface area contributed by atoms with Gasteiger partial charge in [-0.1, -0.05) is 13.0 Å². The number of rotatable bonds is 6. The number of fused-ring (bicyclic) bond motifs is 1. The van der Waals surface area contributed by atoms with Crippen molar-refractivity contribution in [3.63, 3.8) is 0 Å². The van der Waals surface area contributed by atoms with Gasteiger partial charge in [0.25, 0.3) is 0 Å². The molecule has 190 valence electrons. The lowest BCUT2D eigenvalue weighted by molar-refractivity contribution is 0.282. The third kappa shape index (κ3) is 4.82. The van der Waals surface area contributed by atoms with E-state index in [2.05, 4.69) is 15.2 Å². The Morgan fingerprint density at radius 3 is 2.56 bits per heavy atom. The van der Waals surface area contributed by atoms with Crippen molar-refractivity contribution in [3.8, 4) is 0 Å². The highest BCUT2D eigenvalue weighted by molar-refractivity contribution is 7.91. The van der Waals surface area contributed by atoms with E-state index in [0.717, 1.165) is 17.3 Å². The number of aryl methyl sites for hydroxylation is 2. The zero-order chi connectivity index (χ0) is 25.6. The molecule has 5 rings (SSSR count). The average Bonchev–Trinajstić information content (AvgIpc) is 3.36. The fourth-order valence-electron chi connectivity index (χ4n) is 4.64. The summed E-state index contributed by atoms with van der Waals surface area (Å²) in [7, 11) is -1.15. The lowest BCUT2D eigenvalue weighted by Gasteiger charge is -2.26. The maximum absolute atomic E-state index is 14.7. The molecular formula is C24H27F2N7O2S. The number of nitrogens with zero attached hydrogens (tertiary/aromatic N) is 6. The minimum absolute atomic E-state index is 0.116. The molecule has 36 heavy (non-hydrogen) atoms. The molecule has 1 aliphatic heterocycles. The Morgan fingerprint density at radius 1 is 1.14 bits per heavy atom. The quantitative estimate of drug-likeness (QED) is 0.421. The molecule has 1 saturated heterocycles. The number of hydrogen-bond acceptors (Lipinski definition) is 7. The van der Waals surface area contributed by atoms with Crippen molar-refractivity contribution in [3.05, 3.63) is 70.9 Å². The predicted octanol–water partition coefficient (Wildman–Crippen LogP) is 3.18. The zero-order valence-corrected chi connectivity index (χ0v) is 21.1. The van der Waals surface area contributed by atoms with E-state index in [0.29, 0.717) is 48.2 Å². The van der Waals surface area contributed by atoms with Gasteiger partial charge in [-0.25, -0.2) is 31.7 Å². The number of hydrogen-bond donors (Lipinski definition) is 1. The van der Waals surface area contributed by atoms with E-state index in [-0.39, 0.29) is 11.5 Å². The Morgan fingerprint density at radius 2 is 1.89 bits per heavy atom. The van der Waals surface area contributed by atoms with Gasteiger partial charge >= 0.3 is 0 Å². The Bertz CT molecular complexity index is 1530. The summed E-state index contributed by atoms with van der Waals surface area (Å²) < 4.78 is 55.6. The zero-order valence-electron chi connectivity index (χ0n) is 20.2. The van der Waals surface area contributed by atoms with Gasteiger partial charge in [0.1, 0.15) is 23.3 Å². The van der Waals surface area contributed by atoms with Crippen molar-refractivity contribution < 1.29 is 17.2 Å². The van der Waals surface area contributed by atoms with E-state index in [1.54, 1.807) is 10.8 Å². The molecule has 1 aromatic carbocycles. The molecule has 0 amide bonds. The molecule has 4 aromatic rings. The van der Waals surface area contributed by atoms with Crippen LogP contribution in [0.2, 0.25) is 0 Å². The van der Waals surface area contributed by atoms with Crippen LogP contribution in [-0.2, 0) is 23.4 Å². The van der Waals surface area contributed by atoms with Crippen molar-refractivity contribution in [1.82, 2.24) is 29.0 Å². The summed E-state index contributed by atoms with van der Waals surface area (Å²) in [5.41, 5.74) is 3.11. The van der Waals surface area contributed by atoms with Crippen LogP contribution in [0.15, 0.2) is 36.8 Å². The summed E-state index contributed by atoms with van der Waals surface area (Å²) in [5, 5.41) is 7.94. The van der Waals surface area contributed by atoms with Gasteiger partial charge in [0.15, 0.2) is 15.5 Å². The van der Waals surface area contributed by atoms with Crippen LogP contribution >= 0.6 is 0 Å². The maximum Gasteiger partial charge on any atom is 0.161 e. The molecular weight excluding hydrogens is 488 g/mol. The molecule has 1 fully saturated rings. The Kier molecular flexibility index (Phi) is 6.25. The van der Waals surface area contributed by atoms with Gasteiger partial charge in [-0.3, -0.25) is 4.90 Å². The molecule has 12 heteroatoms. The highest BCUT2D eigenvalue weighted by Gasteiger charge is 2.26. The van der Waals surface area contributed by atoms with Crippen molar-refractivity contribution in [2.45, 2.75) is 26.3 Å². The number of nitrogens with one attached hydrogen (secondary N) is 1. The second kappa shape index (κ2) is 9.25. The maximum atomic E-state index is 14.7. The number of imidazole rings is 1. The first-order valence-electron chi connectivity index (χ1n) is 11.6. The number of benzene rings is 1. The molecule has 1 N–H and O–H groups in total. The molecule has 0 saturated carbocycles. The van der Waals surface area contributed by atoms with Crippen LogP contribution < -0.4 is 5.32 Å². The summed E-state index contributed by atoms with van der Waals surface area (Å²) in [5.74, 6) is -0.318. The van der Waals surface area contributed by atoms with Crippen LogP contribution in [-0.4, -0.2) is 62.1 Å². The fourth-order valence-corrected chi connectivity index (χ4v) is 5.92. The number of anilines is 2. The largest absolute Gasteiger partial charge is 0.338 e. The third-order valence-electron chi connectivity index (χ3n) is 6.53. The van der Waals surface area contributed by atoms with E-state index in [9.17, 15) is 17.2 Å². The summed E-state index contributed by atoms with van der Waals surface area (Å²) in [6, 6.07) is 5.44. The summed E-state index contributed by atoms with van der Waals surface area (Å²) in [6.45, 7) is 5.01. The molecule has 0 spiro atoms. The standard InChI is InChI=1S/C24H27F2N7O2S/c1-15(19-5-4-17(25)10-20(19)26)23-16(2)30-33-18(12-32-6-8-36(34,35)9-7-32)11-21(29-24(23)33)28-22-13-31(3)14-27-22/h4-5,10-11,13-15H,6-9,12H2,1-3H3,(H,28,29)/t15-/m1/s1. The van der Waals surface area contributed by atoms with Gasteiger partial charge in [-0.2, -0.15) is 5.10 Å². The second-order valence-corrected chi connectivity index (χ2v) is 11.5. The first kappa shape index (κ1) is 24.3. The number of aromatic nitrogens is 5. The normalized spacial score (nSPS) is 16.9. The lowest BCUT2D eigenvalue weighted by atomic mass is 9.92. The molecule has 9 nitrogen and oxygen atoms in total. The Labute approximate surface area is 207 Å². The van der Waals surface area contributed by atoms with Gasteiger partial charge in [0, 0.05) is 56.5 Å². The molecule has 0 radical (unpaired) electrons. The highest BCUT2D eigenvalue weighted by Crippen LogP contribution is 2.33. The smallest absolute Gasteiger partial charge is 0.161 e. The molecule has 0 unspecified atom stereocenters. The molecule has 3 aromatic heterocycles. The SMILES string of the molecule is Cc1nn2c(CN3CCS(=O)(=O)CC3)cc(Nc3cn(C)cn3)nc2c1[C@H](C)c1ccc(F)cc1F. The van der Waals surface area contributed by atoms with Gasteiger partial charge < -0.3 is 9.88 Å². The predicted molar refractivity (Wildman–Crippen MR) is 132 cm³/mol. The van der Waals surface area contributed by atoms with E-state index in [4.69, 9.17) is 10.1 Å². The number of sulfone groups is 1. The Hall–Kier alpha value is -3.38. The van der Waals surface area contributed by atoms with E-state index in [1.165, 1.54) is 12.1 Å².